The second-order valence-electron chi connectivity index (χ2n) is 9.66. The van der Waals surface area contributed by atoms with Gasteiger partial charge in [0.05, 0.1) is 17.4 Å². The molecule has 3 aliphatic rings. The minimum atomic E-state index is -0.938. The van der Waals surface area contributed by atoms with E-state index in [-0.39, 0.29) is 17.5 Å². The Hall–Kier alpha value is -4.10. The first kappa shape index (κ1) is 24.2. The molecule has 5 nitrogen and oxygen atoms in total. The van der Waals surface area contributed by atoms with Gasteiger partial charge >= 0.3 is 0 Å². The lowest BCUT2D eigenvalue weighted by Gasteiger charge is -2.14. The molecule has 0 spiro atoms. The summed E-state index contributed by atoms with van der Waals surface area (Å²) in [7, 11) is 0. The lowest BCUT2D eigenvalue weighted by atomic mass is 9.99. The Morgan fingerprint density at radius 1 is 0.974 bits per heavy atom. The molecule has 3 heterocycles. The third kappa shape index (κ3) is 5.02. The standard InChI is InChI=1S/C31H27F2N3O2/c1-20-16-23(38-19-24-4-3-15-37-24)11-12-25(20)22-9-7-21(8-10-22)17-36-14-13-28-29(18-36)35-31(34-28)26-5-2-6-27(32)30(26)33/h2,5-14,16,18,24H,3-4,15,17,19H2,1H3. The van der Waals surface area contributed by atoms with Gasteiger partial charge in [-0.3, -0.25) is 0 Å². The summed E-state index contributed by atoms with van der Waals surface area (Å²) in [5.41, 5.74) is 5.90. The number of imidazole rings is 1. The maximum Gasteiger partial charge on any atom is 0.169 e. The van der Waals surface area contributed by atoms with Crippen molar-refractivity contribution in [2.24, 2.45) is 0 Å². The van der Waals surface area contributed by atoms with Gasteiger partial charge in [-0.25, -0.2) is 18.7 Å². The van der Waals surface area contributed by atoms with Gasteiger partial charge in [0.1, 0.15) is 18.1 Å². The largest absolute Gasteiger partial charge is 0.491 e. The Balaban J connectivity index is 1.15. The molecule has 3 aliphatic heterocycles. The fraction of sp³-hybridized carbons (Fsp3) is 0.226. The highest BCUT2D eigenvalue weighted by molar-refractivity contribution is 5.68. The average molecular weight is 512 g/mol. The van der Waals surface area contributed by atoms with Gasteiger partial charge in [-0.15, -0.1) is 0 Å². The second kappa shape index (κ2) is 10.3. The highest BCUT2D eigenvalue weighted by atomic mass is 19.2. The molecule has 3 aromatic carbocycles. The molecule has 7 heteroatoms. The van der Waals surface area contributed by atoms with Crippen molar-refractivity contribution in [3.63, 3.8) is 0 Å². The van der Waals surface area contributed by atoms with Crippen LogP contribution in [0.3, 0.4) is 0 Å². The first-order valence-electron chi connectivity index (χ1n) is 12.8. The Morgan fingerprint density at radius 3 is 2.61 bits per heavy atom. The third-order valence-corrected chi connectivity index (χ3v) is 6.91. The van der Waals surface area contributed by atoms with Crippen LogP contribution in [0.5, 0.6) is 5.75 Å². The van der Waals surface area contributed by atoms with Crippen LogP contribution in [-0.4, -0.2) is 33.9 Å². The molecule has 0 aliphatic carbocycles. The average Bonchev–Trinajstić information content (AvgIpc) is 3.59. The fourth-order valence-electron chi connectivity index (χ4n) is 4.86. The van der Waals surface area contributed by atoms with Crippen molar-refractivity contribution >= 4 is 0 Å². The van der Waals surface area contributed by atoms with E-state index in [1.165, 1.54) is 17.7 Å². The van der Waals surface area contributed by atoms with Gasteiger partial charge in [0, 0.05) is 25.5 Å². The molecule has 1 atom stereocenters. The van der Waals surface area contributed by atoms with Crippen molar-refractivity contribution < 1.29 is 18.3 Å². The van der Waals surface area contributed by atoms with E-state index in [1.807, 2.05) is 29.1 Å². The molecule has 1 saturated heterocycles. The van der Waals surface area contributed by atoms with Gasteiger partial charge in [0.2, 0.25) is 0 Å². The summed E-state index contributed by atoms with van der Waals surface area (Å²) in [5.74, 6) is -0.808. The van der Waals surface area contributed by atoms with Crippen LogP contribution in [0.25, 0.3) is 33.9 Å². The molecule has 1 unspecified atom stereocenters. The van der Waals surface area contributed by atoms with Crippen molar-refractivity contribution in [3.8, 4) is 39.7 Å². The van der Waals surface area contributed by atoms with E-state index in [0.717, 1.165) is 48.0 Å². The Kier molecular flexibility index (Phi) is 6.60. The van der Waals surface area contributed by atoms with Crippen molar-refractivity contribution in [1.82, 2.24) is 14.5 Å². The number of pyridine rings is 1. The summed E-state index contributed by atoms with van der Waals surface area (Å²) in [5, 5.41) is 0. The first-order valence-corrected chi connectivity index (χ1v) is 12.8. The maximum atomic E-state index is 14.2. The molecule has 38 heavy (non-hydrogen) atoms. The van der Waals surface area contributed by atoms with Crippen molar-refractivity contribution in [1.29, 1.82) is 0 Å². The zero-order valence-electron chi connectivity index (χ0n) is 21.0. The van der Waals surface area contributed by atoms with Crippen molar-refractivity contribution in [2.75, 3.05) is 13.2 Å². The maximum absolute atomic E-state index is 14.2. The van der Waals surface area contributed by atoms with Gasteiger partial charge in [-0.05, 0) is 72.4 Å². The van der Waals surface area contributed by atoms with E-state index in [4.69, 9.17) is 9.47 Å². The number of rotatable bonds is 7. The Labute approximate surface area is 220 Å². The number of ether oxygens (including phenoxy) is 2. The topological polar surface area (TPSA) is 49.2 Å². The van der Waals surface area contributed by atoms with Crippen LogP contribution in [0.1, 0.15) is 24.0 Å². The number of aromatic nitrogens is 3. The molecule has 192 valence electrons. The highest BCUT2D eigenvalue weighted by Crippen LogP contribution is 2.29. The molecule has 0 saturated carbocycles. The lowest BCUT2D eigenvalue weighted by molar-refractivity contribution is 0.0679. The molecule has 0 radical (unpaired) electrons. The van der Waals surface area contributed by atoms with Crippen LogP contribution >= 0.6 is 0 Å². The van der Waals surface area contributed by atoms with Gasteiger partial charge in [0.15, 0.2) is 17.5 Å². The number of benzene rings is 3. The number of hydrogen-bond acceptors (Lipinski definition) is 4. The predicted octanol–water partition coefficient (Wildman–Crippen LogP) is 6.91. The van der Waals surface area contributed by atoms with Crippen molar-refractivity contribution in [3.05, 3.63) is 102 Å². The summed E-state index contributed by atoms with van der Waals surface area (Å²) in [6.07, 6.45) is 6.15. The molecule has 0 amide bonds. The van der Waals surface area contributed by atoms with Crippen molar-refractivity contribution in [2.45, 2.75) is 32.4 Å². The molecule has 6 rings (SSSR count). The van der Waals surface area contributed by atoms with Gasteiger partial charge < -0.3 is 14.0 Å². The SMILES string of the molecule is Cc1cc(OCC2CCCO2)ccc1-c1ccc(Cn2ccc3nc(-c4cccc(F)c4F)nc-3c2)cc1. The zero-order valence-corrected chi connectivity index (χ0v) is 21.0. The molecular formula is C31H27F2N3O2. The highest BCUT2D eigenvalue weighted by Gasteiger charge is 2.18. The van der Waals surface area contributed by atoms with E-state index in [1.54, 1.807) is 0 Å². The van der Waals surface area contributed by atoms with E-state index >= 15 is 0 Å². The minimum Gasteiger partial charge on any atom is -0.491 e. The van der Waals surface area contributed by atoms with E-state index in [0.29, 0.717) is 24.5 Å². The van der Waals surface area contributed by atoms with Crippen LogP contribution < -0.4 is 4.74 Å². The van der Waals surface area contributed by atoms with Crippen LogP contribution in [0.2, 0.25) is 0 Å². The van der Waals surface area contributed by atoms with Crippen LogP contribution in [-0.2, 0) is 11.3 Å². The van der Waals surface area contributed by atoms with Crippen LogP contribution in [0.15, 0.2) is 79.1 Å². The summed E-state index contributed by atoms with van der Waals surface area (Å²) in [6.45, 7) is 4.16. The van der Waals surface area contributed by atoms with E-state index in [2.05, 4.69) is 53.3 Å². The zero-order chi connectivity index (χ0) is 26.1. The number of nitrogens with zero attached hydrogens (tertiary/aromatic N) is 3. The van der Waals surface area contributed by atoms with Gasteiger partial charge in [0.25, 0.3) is 0 Å². The van der Waals surface area contributed by atoms with E-state index in [9.17, 15) is 8.78 Å². The van der Waals surface area contributed by atoms with Crippen LogP contribution in [0, 0.1) is 18.6 Å². The minimum absolute atomic E-state index is 0.0565. The summed E-state index contributed by atoms with van der Waals surface area (Å²) in [4.78, 5) is 8.82. The predicted molar refractivity (Wildman–Crippen MR) is 142 cm³/mol. The number of hydrogen-bond donors (Lipinski definition) is 0. The lowest BCUT2D eigenvalue weighted by Crippen LogP contribution is -2.16. The summed E-state index contributed by atoms with van der Waals surface area (Å²) < 4.78 is 41.4. The van der Waals surface area contributed by atoms with Gasteiger partial charge in [-0.2, -0.15) is 0 Å². The molecular weight excluding hydrogens is 484 g/mol. The quantitative estimate of drug-likeness (QED) is 0.238. The summed E-state index contributed by atoms with van der Waals surface area (Å²) >= 11 is 0. The van der Waals surface area contributed by atoms with E-state index < -0.39 is 11.6 Å². The Morgan fingerprint density at radius 2 is 1.82 bits per heavy atom. The monoisotopic (exact) mass is 511 g/mol. The smallest absolute Gasteiger partial charge is 0.169 e. The normalized spacial score (nSPS) is 15.3. The summed E-state index contributed by atoms with van der Waals surface area (Å²) in [6, 6.07) is 20.5. The fourth-order valence-corrected chi connectivity index (χ4v) is 4.86. The molecule has 0 aromatic heterocycles. The molecule has 0 bridgehead atoms. The first-order chi connectivity index (χ1) is 18.5. The number of halogens is 2. The molecule has 3 aromatic rings. The number of fused-ring (bicyclic) bond motifs is 1. The van der Waals surface area contributed by atoms with Crippen LogP contribution in [0.4, 0.5) is 8.78 Å². The third-order valence-electron chi connectivity index (χ3n) is 6.91. The second-order valence-corrected chi connectivity index (χ2v) is 9.66. The molecule has 1 fully saturated rings. The Bertz CT molecular complexity index is 1540. The van der Waals surface area contributed by atoms with Gasteiger partial charge in [-0.1, -0.05) is 36.4 Å². The number of aryl methyl sites for hydroxylation is 1. The molecule has 0 N–H and O–H groups in total.